The first-order valence-corrected chi connectivity index (χ1v) is 7.06. The summed E-state index contributed by atoms with van der Waals surface area (Å²) in [7, 11) is -3.77. The summed E-state index contributed by atoms with van der Waals surface area (Å²) in [6, 6.07) is 2.25. The number of hydrogen-bond acceptors (Lipinski definition) is 4. The van der Waals surface area contributed by atoms with Crippen LogP contribution in [-0.2, 0) is 14.8 Å². The Labute approximate surface area is 111 Å². The van der Waals surface area contributed by atoms with Crippen LogP contribution in [0.4, 0.5) is 10.1 Å². The van der Waals surface area contributed by atoms with Crippen LogP contribution in [0, 0.1) is 12.7 Å². The lowest BCUT2D eigenvalue weighted by atomic mass is 10.2. The third-order valence-electron chi connectivity index (χ3n) is 2.46. The molecule has 0 aliphatic heterocycles. The van der Waals surface area contributed by atoms with E-state index in [2.05, 4.69) is 4.72 Å². The lowest BCUT2D eigenvalue weighted by Gasteiger charge is -2.09. The molecule has 5 N–H and O–H groups in total. The van der Waals surface area contributed by atoms with Crippen LogP contribution < -0.4 is 16.2 Å². The highest BCUT2D eigenvalue weighted by Gasteiger charge is 2.16. The number of hydrogen-bond donors (Lipinski definition) is 3. The highest BCUT2D eigenvalue weighted by Crippen LogP contribution is 2.20. The number of amides is 1. The zero-order chi connectivity index (χ0) is 14.6. The van der Waals surface area contributed by atoms with Gasteiger partial charge in [-0.3, -0.25) is 4.79 Å². The van der Waals surface area contributed by atoms with Crippen LogP contribution in [0.15, 0.2) is 17.0 Å². The zero-order valence-electron chi connectivity index (χ0n) is 10.4. The van der Waals surface area contributed by atoms with E-state index in [1.807, 2.05) is 0 Å². The van der Waals surface area contributed by atoms with Crippen LogP contribution >= 0.6 is 0 Å². The smallest absolute Gasteiger partial charge is 0.240 e. The normalized spacial score (nSPS) is 11.5. The van der Waals surface area contributed by atoms with E-state index >= 15 is 0 Å². The molecule has 1 rings (SSSR count). The molecule has 106 valence electrons. The van der Waals surface area contributed by atoms with Gasteiger partial charge in [-0.25, -0.2) is 17.5 Å². The van der Waals surface area contributed by atoms with Crippen molar-refractivity contribution in [1.82, 2.24) is 4.72 Å². The Hall–Kier alpha value is -1.67. The van der Waals surface area contributed by atoms with Crippen molar-refractivity contribution < 1.29 is 17.6 Å². The van der Waals surface area contributed by atoms with Gasteiger partial charge in [-0.15, -0.1) is 0 Å². The number of nitrogens with two attached hydrogens (primary N) is 2. The van der Waals surface area contributed by atoms with Gasteiger partial charge in [0.25, 0.3) is 0 Å². The maximum Gasteiger partial charge on any atom is 0.240 e. The molecule has 1 amide bonds. The Morgan fingerprint density at radius 2 is 2.05 bits per heavy atom. The van der Waals surface area contributed by atoms with E-state index in [1.54, 1.807) is 0 Å². The highest BCUT2D eigenvalue weighted by molar-refractivity contribution is 7.89. The van der Waals surface area contributed by atoms with Crippen molar-refractivity contribution in [1.29, 1.82) is 0 Å². The molecule has 0 fully saturated rings. The van der Waals surface area contributed by atoms with E-state index in [-0.39, 0.29) is 29.1 Å². The summed E-state index contributed by atoms with van der Waals surface area (Å²) in [5, 5.41) is 0. The average Bonchev–Trinajstić information content (AvgIpc) is 2.31. The van der Waals surface area contributed by atoms with E-state index < -0.39 is 21.7 Å². The molecule has 0 radical (unpaired) electrons. The van der Waals surface area contributed by atoms with Gasteiger partial charge in [-0.1, -0.05) is 0 Å². The summed E-state index contributed by atoms with van der Waals surface area (Å²) in [5.41, 5.74) is 10.2. The number of aryl methyl sites for hydroxylation is 1. The number of anilines is 1. The Morgan fingerprint density at radius 3 is 2.58 bits per heavy atom. The van der Waals surface area contributed by atoms with Crippen LogP contribution in [-0.4, -0.2) is 20.9 Å². The van der Waals surface area contributed by atoms with E-state index in [0.717, 1.165) is 6.07 Å². The van der Waals surface area contributed by atoms with Crippen LogP contribution in [0.5, 0.6) is 0 Å². The van der Waals surface area contributed by atoms with E-state index in [0.29, 0.717) is 6.42 Å². The van der Waals surface area contributed by atoms with Gasteiger partial charge in [-0.2, -0.15) is 0 Å². The minimum Gasteiger partial charge on any atom is -0.396 e. The average molecular weight is 289 g/mol. The molecule has 0 aromatic heterocycles. The summed E-state index contributed by atoms with van der Waals surface area (Å²) in [6.07, 6.45) is 0.386. The van der Waals surface area contributed by atoms with Gasteiger partial charge in [0.05, 0.1) is 10.6 Å². The Kier molecular flexibility index (Phi) is 4.84. The first-order valence-electron chi connectivity index (χ1n) is 5.57. The van der Waals surface area contributed by atoms with Gasteiger partial charge >= 0.3 is 0 Å². The van der Waals surface area contributed by atoms with Crippen LogP contribution in [0.3, 0.4) is 0 Å². The number of carbonyl (C=O) groups excluding carboxylic acids is 1. The Bertz CT molecular complexity index is 564. The number of benzene rings is 1. The van der Waals surface area contributed by atoms with Gasteiger partial charge in [0, 0.05) is 13.0 Å². The standard InChI is InChI=1S/C11H16FN3O3S/c1-7-5-8(6-9(13)11(7)12)19(17,18)15-4-2-3-10(14)16/h5-6,15H,2-4,13H2,1H3,(H2,14,16). The molecule has 0 saturated heterocycles. The van der Waals surface area contributed by atoms with E-state index in [4.69, 9.17) is 11.5 Å². The van der Waals surface area contributed by atoms with Crippen molar-refractivity contribution in [3.05, 3.63) is 23.5 Å². The topological polar surface area (TPSA) is 115 Å². The number of halogens is 1. The molecule has 1 aromatic rings. The van der Waals surface area contributed by atoms with Crippen molar-refractivity contribution in [3.8, 4) is 0 Å². The second-order valence-electron chi connectivity index (χ2n) is 4.11. The molecule has 6 nitrogen and oxygen atoms in total. The molecular formula is C11H16FN3O3S. The molecule has 0 atom stereocenters. The number of nitrogen functional groups attached to an aromatic ring is 1. The fourth-order valence-corrected chi connectivity index (χ4v) is 2.66. The number of nitrogens with one attached hydrogen (secondary N) is 1. The lowest BCUT2D eigenvalue weighted by Crippen LogP contribution is -2.26. The molecule has 0 spiro atoms. The molecule has 8 heteroatoms. The maximum absolute atomic E-state index is 13.3. The van der Waals surface area contributed by atoms with Crippen LogP contribution in [0.2, 0.25) is 0 Å². The molecule has 0 unspecified atom stereocenters. The first-order chi connectivity index (χ1) is 8.74. The highest BCUT2D eigenvalue weighted by atomic mass is 32.2. The molecular weight excluding hydrogens is 273 g/mol. The zero-order valence-corrected chi connectivity index (χ0v) is 11.3. The molecule has 1 aromatic carbocycles. The van der Waals surface area contributed by atoms with Crippen molar-refractivity contribution in [2.75, 3.05) is 12.3 Å². The number of rotatable bonds is 6. The van der Waals surface area contributed by atoms with Crippen molar-refractivity contribution in [3.63, 3.8) is 0 Å². The second-order valence-corrected chi connectivity index (χ2v) is 5.88. The predicted octanol–water partition coefficient (Wildman–Crippen LogP) is 0.260. The third kappa shape index (κ3) is 4.18. The van der Waals surface area contributed by atoms with Gasteiger partial charge in [-0.05, 0) is 31.0 Å². The predicted molar refractivity (Wildman–Crippen MR) is 69.2 cm³/mol. The van der Waals surface area contributed by atoms with Crippen LogP contribution in [0.25, 0.3) is 0 Å². The Morgan fingerprint density at radius 1 is 1.42 bits per heavy atom. The fraction of sp³-hybridized carbons (Fsp3) is 0.364. The molecule has 0 bridgehead atoms. The number of primary amides is 1. The van der Waals surface area contributed by atoms with E-state index in [9.17, 15) is 17.6 Å². The summed E-state index contributed by atoms with van der Waals surface area (Å²) in [4.78, 5) is 10.4. The maximum atomic E-state index is 13.3. The summed E-state index contributed by atoms with van der Waals surface area (Å²) in [6.45, 7) is 1.50. The fourth-order valence-electron chi connectivity index (χ4n) is 1.47. The van der Waals surface area contributed by atoms with Crippen molar-refractivity contribution >= 4 is 21.6 Å². The third-order valence-corrected chi connectivity index (χ3v) is 3.90. The summed E-state index contributed by atoms with van der Waals surface area (Å²) >= 11 is 0. The van der Waals surface area contributed by atoms with E-state index in [1.165, 1.54) is 13.0 Å². The summed E-state index contributed by atoms with van der Waals surface area (Å²) < 4.78 is 39.4. The monoisotopic (exact) mass is 289 g/mol. The lowest BCUT2D eigenvalue weighted by molar-refractivity contribution is -0.118. The second kappa shape index (κ2) is 5.98. The van der Waals surface area contributed by atoms with Gasteiger partial charge in [0.2, 0.25) is 15.9 Å². The minimum absolute atomic E-state index is 0.0710. The van der Waals surface area contributed by atoms with Gasteiger partial charge < -0.3 is 11.5 Å². The molecule has 0 saturated carbocycles. The quantitative estimate of drug-likeness (QED) is 0.514. The number of sulfonamides is 1. The molecule has 0 aliphatic carbocycles. The van der Waals surface area contributed by atoms with Crippen molar-refractivity contribution in [2.24, 2.45) is 5.73 Å². The van der Waals surface area contributed by atoms with Gasteiger partial charge in [0.15, 0.2) is 0 Å². The minimum atomic E-state index is -3.77. The molecule has 0 aliphatic rings. The first kappa shape index (κ1) is 15.4. The molecule has 0 heterocycles. The number of carbonyl (C=O) groups is 1. The SMILES string of the molecule is Cc1cc(S(=O)(=O)NCCCC(N)=O)cc(N)c1F. The van der Waals surface area contributed by atoms with Crippen molar-refractivity contribution in [2.45, 2.75) is 24.7 Å². The summed E-state index contributed by atoms with van der Waals surface area (Å²) in [5.74, 6) is -1.13. The van der Waals surface area contributed by atoms with Crippen LogP contribution in [0.1, 0.15) is 18.4 Å². The Balaban J connectivity index is 2.80. The largest absolute Gasteiger partial charge is 0.396 e. The van der Waals surface area contributed by atoms with Gasteiger partial charge in [0.1, 0.15) is 5.82 Å². The molecule has 19 heavy (non-hydrogen) atoms.